The summed E-state index contributed by atoms with van der Waals surface area (Å²) in [5, 5.41) is 3.71. The van der Waals surface area contributed by atoms with Crippen LogP contribution in [0.25, 0.3) is 0 Å². The van der Waals surface area contributed by atoms with Crippen LogP contribution in [0.2, 0.25) is 0 Å². The van der Waals surface area contributed by atoms with Crippen molar-refractivity contribution in [2.45, 2.75) is 59.0 Å². The molecule has 0 aromatic rings. The Morgan fingerprint density at radius 2 is 2.06 bits per heavy atom. The highest BCUT2D eigenvalue weighted by Gasteiger charge is 2.49. The fourth-order valence-corrected chi connectivity index (χ4v) is 3.10. The van der Waals surface area contributed by atoms with Gasteiger partial charge in [-0.25, -0.2) is 0 Å². The highest BCUT2D eigenvalue weighted by atomic mass is 15.2. The van der Waals surface area contributed by atoms with Gasteiger partial charge in [0.15, 0.2) is 0 Å². The van der Waals surface area contributed by atoms with E-state index < -0.39 is 0 Å². The first kappa shape index (κ1) is 12.4. The van der Waals surface area contributed by atoms with Crippen LogP contribution in [0.15, 0.2) is 0 Å². The minimum Gasteiger partial charge on any atom is -0.313 e. The van der Waals surface area contributed by atoms with Crippen LogP contribution in [-0.4, -0.2) is 36.6 Å². The normalized spacial score (nSPS) is 35.1. The molecule has 16 heavy (non-hydrogen) atoms. The Kier molecular flexibility index (Phi) is 3.60. The van der Waals surface area contributed by atoms with Gasteiger partial charge in [-0.3, -0.25) is 4.90 Å². The molecule has 0 amide bonds. The molecule has 2 rings (SSSR count). The van der Waals surface area contributed by atoms with Gasteiger partial charge in [0.05, 0.1) is 0 Å². The largest absolute Gasteiger partial charge is 0.313 e. The minimum atomic E-state index is 0.590. The van der Waals surface area contributed by atoms with Crippen molar-refractivity contribution in [3.8, 4) is 0 Å². The van der Waals surface area contributed by atoms with Crippen molar-refractivity contribution in [2.75, 3.05) is 19.6 Å². The topological polar surface area (TPSA) is 15.3 Å². The van der Waals surface area contributed by atoms with E-state index in [0.29, 0.717) is 5.41 Å². The lowest BCUT2D eigenvalue weighted by Crippen LogP contribution is -2.40. The van der Waals surface area contributed by atoms with E-state index >= 15 is 0 Å². The SMILES string of the molecule is CC(C)CC1CN(C2CC2(C)C)CCCN1. The molecular formula is C14H28N2. The molecule has 1 N–H and O–H groups in total. The van der Waals surface area contributed by atoms with Crippen LogP contribution < -0.4 is 5.32 Å². The lowest BCUT2D eigenvalue weighted by molar-refractivity contribution is 0.222. The zero-order valence-corrected chi connectivity index (χ0v) is 11.4. The van der Waals surface area contributed by atoms with Crippen LogP contribution in [0, 0.1) is 11.3 Å². The van der Waals surface area contributed by atoms with Crippen LogP contribution in [0.5, 0.6) is 0 Å². The Morgan fingerprint density at radius 1 is 1.38 bits per heavy atom. The van der Waals surface area contributed by atoms with E-state index in [4.69, 9.17) is 0 Å². The van der Waals surface area contributed by atoms with E-state index in [2.05, 4.69) is 37.9 Å². The molecule has 0 radical (unpaired) electrons. The van der Waals surface area contributed by atoms with E-state index in [1.165, 1.54) is 38.9 Å². The first-order valence-corrected chi connectivity index (χ1v) is 6.96. The molecule has 2 atom stereocenters. The summed E-state index contributed by atoms with van der Waals surface area (Å²) >= 11 is 0. The standard InChI is InChI=1S/C14H28N2/c1-11(2)8-12-10-16(7-5-6-15-12)13-9-14(13,3)4/h11-13,15H,5-10H2,1-4H3. The second kappa shape index (κ2) is 4.66. The lowest BCUT2D eigenvalue weighted by atomic mass is 10.0. The van der Waals surface area contributed by atoms with E-state index in [1.54, 1.807) is 0 Å². The summed E-state index contributed by atoms with van der Waals surface area (Å²) in [6.45, 7) is 13.3. The third kappa shape index (κ3) is 2.98. The fraction of sp³-hybridized carbons (Fsp3) is 1.00. The summed E-state index contributed by atoms with van der Waals surface area (Å²) in [6.07, 6.45) is 4.05. The third-order valence-corrected chi connectivity index (χ3v) is 4.17. The van der Waals surface area contributed by atoms with Crippen molar-refractivity contribution in [3.05, 3.63) is 0 Å². The molecule has 1 aliphatic heterocycles. The van der Waals surface area contributed by atoms with Gasteiger partial charge in [0.1, 0.15) is 0 Å². The Labute approximate surface area is 101 Å². The van der Waals surface area contributed by atoms with Gasteiger partial charge in [-0.15, -0.1) is 0 Å². The van der Waals surface area contributed by atoms with Gasteiger partial charge in [-0.05, 0) is 43.7 Å². The Bertz CT molecular complexity index is 235. The van der Waals surface area contributed by atoms with Crippen LogP contribution in [0.1, 0.15) is 47.0 Å². The van der Waals surface area contributed by atoms with E-state index in [1.807, 2.05) is 0 Å². The van der Waals surface area contributed by atoms with Gasteiger partial charge < -0.3 is 5.32 Å². The molecule has 1 aliphatic carbocycles. The number of nitrogens with one attached hydrogen (secondary N) is 1. The van der Waals surface area contributed by atoms with Crippen molar-refractivity contribution in [3.63, 3.8) is 0 Å². The van der Waals surface area contributed by atoms with Crippen LogP contribution >= 0.6 is 0 Å². The molecule has 2 aliphatic rings. The van der Waals surface area contributed by atoms with Crippen molar-refractivity contribution in [1.29, 1.82) is 0 Å². The summed E-state index contributed by atoms with van der Waals surface area (Å²) in [7, 11) is 0. The molecule has 0 aromatic heterocycles. The molecule has 1 saturated carbocycles. The maximum Gasteiger partial charge on any atom is 0.0197 e. The minimum absolute atomic E-state index is 0.590. The van der Waals surface area contributed by atoms with Gasteiger partial charge in [0.2, 0.25) is 0 Å². The van der Waals surface area contributed by atoms with Gasteiger partial charge in [0, 0.05) is 18.6 Å². The highest BCUT2D eigenvalue weighted by molar-refractivity contribution is 5.04. The quantitative estimate of drug-likeness (QED) is 0.792. The summed E-state index contributed by atoms with van der Waals surface area (Å²) in [6, 6.07) is 1.58. The second-order valence-corrected chi connectivity index (χ2v) is 6.84. The van der Waals surface area contributed by atoms with Crippen LogP contribution in [0.4, 0.5) is 0 Å². The van der Waals surface area contributed by atoms with Crippen molar-refractivity contribution in [1.82, 2.24) is 10.2 Å². The van der Waals surface area contributed by atoms with Crippen molar-refractivity contribution in [2.24, 2.45) is 11.3 Å². The van der Waals surface area contributed by atoms with E-state index in [9.17, 15) is 0 Å². The Morgan fingerprint density at radius 3 is 2.62 bits per heavy atom. The number of hydrogen-bond acceptors (Lipinski definition) is 2. The lowest BCUT2D eigenvalue weighted by Gasteiger charge is -2.26. The molecule has 0 spiro atoms. The van der Waals surface area contributed by atoms with Gasteiger partial charge in [-0.2, -0.15) is 0 Å². The molecule has 0 aromatic carbocycles. The summed E-state index contributed by atoms with van der Waals surface area (Å²) in [5.41, 5.74) is 0.590. The highest BCUT2D eigenvalue weighted by Crippen LogP contribution is 2.48. The summed E-state index contributed by atoms with van der Waals surface area (Å²) < 4.78 is 0. The first-order valence-electron chi connectivity index (χ1n) is 6.96. The zero-order valence-electron chi connectivity index (χ0n) is 11.4. The number of hydrogen-bond donors (Lipinski definition) is 1. The van der Waals surface area contributed by atoms with Gasteiger partial charge in [0.25, 0.3) is 0 Å². The van der Waals surface area contributed by atoms with Crippen molar-refractivity contribution >= 4 is 0 Å². The maximum absolute atomic E-state index is 3.71. The molecule has 1 saturated heterocycles. The molecule has 2 unspecified atom stereocenters. The van der Waals surface area contributed by atoms with Gasteiger partial charge in [-0.1, -0.05) is 27.7 Å². The van der Waals surface area contributed by atoms with Crippen molar-refractivity contribution < 1.29 is 0 Å². The molecule has 94 valence electrons. The first-order chi connectivity index (χ1) is 7.49. The zero-order chi connectivity index (χ0) is 11.8. The smallest absolute Gasteiger partial charge is 0.0197 e. The second-order valence-electron chi connectivity index (χ2n) is 6.84. The predicted octanol–water partition coefficient (Wildman–Crippen LogP) is 2.49. The predicted molar refractivity (Wildman–Crippen MR) is 69.6 cm³/mol. The number of nitrogens with zero attached hydrogens (tertiary/aromatic N) is 1. The van der Waals surface area contributed by atoms with E-state index in [-0.39, 0.29) is 0 Å². The molecular weight excluding hydrogens is 196 g/mol. The summed E-state index contributed by atoms with van der Waals surface area (Å²) in [5.74, 6) is 0.810. The van der Waals surface area contributed by atoms with Gasteiger partial charge >= 0.3 is 0 Å². The number of rotatable bonds is 3. The molecule has 0 bridgehead atoms. The van der Waals surface area contributed by atoms with Crippen LogP contribution in [0.3, 0.4) is 0 Å². The molecule has 2 nitrogen and oxygen atoms in total. The average molecular weight is 224 g/mol. The molecule has 1 heterocycles. The third-order valence-electron chi connectivity index (χ3n) is 4.17. The molecule has 2 heteroatoms. The van der Waals surface area contributed by atoms with Crippen LogP contribution in [-0.2, 0) is 0 Å². The maximum atomic E-state index is 3.71. The Hall–Kier alpha value is -0.0800. The monoisotopic (exact) mass is 224 g/mol. The molecule has 2 fully saturated rings. The average Bonchev–Trinajstić information content (AvgIpc) is 2.83. The van der Waals surface area contributed by atoms with E-state index in [0.717, 1.165) is 18.0 Å². The Balaban J connectivity index is 1.89. The fourth-order valence-electron chi connectivity index (χ4n) is 3.10. The summed E-state index contributed by atoms with van der Waals surface area (Å²) in [4.78, 5) is 2.74.